The molecule has 19 heavy (non-hydrogen) atoms. The lowest BCUT2D eigenvalue weighted by atomic mass is 10.0. The van der Waals surface area contributed by atoms with Crippen molar-refractivity contribution in [1.29, 1.82) is 0 Å². The molecular weight excluding hydrogens is 263 g/mol. The second-order valence-electron chi connectivity index (χ2n) is 4.98. The average molecular weight is 279 g/mol. The minimum absolute atomic E-state index is 0.143. The van der Waals surface area contributed by atoms with Crippen molar-refractivity contribution in [1.82, 2.24) is 9.97 Å². The Hall–Kier alpha value is -1.48. The summed E-state index contributed by atoms with van der Waals surface area (Å²) in [5.41, 5.74) is 2.74. The van der Waals surface area contributed by atoms with E-state index in [2.05, 4.69) is 9.97 Å². The summed E-state index contributed by atoms with van der Waals surface area (Å²) >= 11 is 6.13. The van der Waals surface area contributed by atoms with E-state index in [1.165, 1.54) is 6.07 Å². The monoisotopic (exact) mass is 278 g/mol. The van der Waals surface area contributed by atoms with Crippen molar-refractivity contribution < 1.29 is 4.39 Å². The van der Waals surface area contributed by atoms with Gasteiger partial charge < -0.3 is 0 Å². The van der Waals surface area contributed by atoms with Crippen LogP contribution in [0.1, 0.15) is 36.7 Å². The molecule has 0 unspecified atom stereocenters. The number of hydrogen-bond donors (Lipinski definition) is 0. The number of rotatable bonds is 2. The van der Waals surface area contributed by atoms with Crippen molar-refractivity contribution in [3.63, 3.8) is 0 Å². The maximum absolute atomic E-state index is 14.0. The van der Waals surface area contributed by atoms with Gasteiger partial charge in [0.1, 0.15) is 16.8 Å². The molecule has 0 saturated carbocycles. The molecule has 0 amide bonds. The van der Waals surface area contributed by atoms with Crippen LogP contribution in [0.3, 0.4) is 0 Å². The third kappa shape index (κ3) is 2.76. The van der Waals surface area contributed by atoms with Crippen molar-refractivity contribution >= 4 is 11.6 Å². The fourth-order valence-corrected chi connectivity index (χ4v) is 2.02. The Morgan fingerprint density at radius 2 is 1.84 bits per heavy atom. The second kappa shape index (κ2) is 5.25. The second-order valence-corrected chi connectivity index (χ2v) is 5.34. The highest BCUT2D eigenvalue weighted by Gasteiger charge is 2.16. The minimum atomic E-state index is -0.293. The lowest BCUT2D eigenvalue weighted by Gasteiger charge is -2.12. The maximum Gasteiger partial charge on any atom is 0.136 e. The van der Waals surface area contributed by atoms with Gasteiger partial charge in [-0.2, -0.15) is 0 Å². The first-order valence-electron chi connectivity index (χ1n) is 6.20. The Morgan fingerprint density at radius 1 is 1.16 bits per heavy atom. The molecule has 0 radical (unpaired) electrons. The van der Waals surface area contributed by atoms with Gasteiger partial charge in [0.05, 0.1) is 5.69 Å². The Kier molecular flexibility index (Phi) is 3.85. The molecule has 1 heterocycles. The van der Waals surface area contributed by atoms with Gasteiger partial charge in [0.25, 0.3) is 0 Å². The third-order valence-corrected chi connectivity index (χ3v) is 3.37. The van der Waals surface area contributed by atoms with Crippen LogP contribution in [0.2, 0.25) is 5.15 Å². The summed E-state index contributed by atoms with van der Waals surface area (Å²) in [6.07, 6.45) is 0. The van der Waals surface area contributed by atoms with Gasteiger partial charge in [-0.1, -0.05) is 37.1 Å². The van der Waals surface area contributed by atoms with E-state index < -0.39 is 0 Å². The molecule has 1 aromatic carbocycles. The summed E-state index contributed by atoms with van der Waals surface area (Å²) in [5.74, 6) is 0.481. The Morgan fingerprint density at radius 3 is 2.47 bits per heavy atom. The summed E-state index contributed by atoms with van der Waals surface area (Å²) in [6.45, 7) is 7.70. The smallest absolute Gasteiger partial charge is 0.136 e. The largest absolute Gasteiger partial charge is 0.232 e. The van der Waals surface area contributed by atoms with E-state index in [1.807, 2.05) is 27.7 Å². The van der Waals surface area contributed by atoms with Crippen LogP contribution in [-0.2, 0) is 0 Å². The van der Waals surface area contributed by atoms with E-state index in [0.717, 1.165) is 5.56 Å². The number of nitrogens with zero attached hydrogens (tertiary/aromatic N) is 2. The number of halogens is 2. The standard InChI is InChI=1S/C15H16ClFN2/c1-8(2)15-18-13(10(4)14(16)19-15)11-7-9(3)5-6-12(11)17/h5-8H,1-4H3. The molecule has 4 heteroatoms. The third-order valence-electron chi connectivity index (χ3n) is 3.00. The summed E-state index contributed by atoms with van der Waals surface area (Å²) < 4.78 is 14.0. The molecule has 0 aliphatic rings. The van der Waals surface area contributed by atoms with Gasteiger partial charge >= 0.3 is 0 Å². The van der Waals surface area contributed by atoms with Gasteiger partial charge in [-0.25, -0.2) is 14.4 Å². The zero-order chi connectivity index (χ0) is 14.2. The summed E-state index contributed by atoms with van der Waals surface area (Å²) in [5, 5.41) is 0.384. The van der Waals surface area contributed by atoms with Crippen LogP contribution < -0.4 is 0 Å². The van der Waals surface area contributed by atoms with E-state index in [0.29, 0.717) is 27.8 Å². The lowest BCUT2D eigenvalue weighted by Crippen LogP contribution is -2.03. The van der Waals surface area contributed by atoms with Crippen molar-refractivity contribution in [2.24, 2.45) is 0 Å². The topological polar surface area (TPSA) is 25.8 Å². The fourth-order valence-electron chi connectivity index (χ4n) is 1.85. The quantitative estimate of drug-likeness (QED) is 0.746. The van der Waals surface area contributed by atoms with Crippen LogP contribution in [-0.4, -0.2) is 9.97 Å². The highest BCUT2D eigenvalue weighted by Crippen LogP contribution is 2.29. The van der Waals surface area contributed by atoms with Gasteiger partial charge in [0.15, 0.2) is 0 Å². The molecular formula is C15H16ClFN2. The van der Waals surface area contributed by atoms with Crippen LogP contribution in [0.15, 0.2) is 18.2 Å². The summed E-state index contributed by atoms with van der Waals surface area (Å²) in [6, 6.07) is 4.97. The first-order chi connectivity index (χ1) is 8.90. The fraction of sp³-hybridized carbons (Fsp3) is 0.333. The molecule has 2 rings (SSSR count). The molecule has 2 aromatic rings. The summed E-state index contributed by atoms with van der Waals surface area (Å²) in [7, 11) is 0. The van der Waals surface area contributed by atoms with Gasteiger partial charge in [-0.15, -0.1) is 0 Å². The first kappa shape index (κ1) is 13.9. The SMILES string of the molecule is Cc1ccc(F)c(-c2nc(C(C)C)nc(Cl)c2C)c1. The van der Waals surface area contributed by atoms with Gasteiger partial charge in [-0.3, -0.25) is 0 Å². The minimum Gasteiger partial charge on any atom is -0.232 e. The van der Waals surface area contributed by atoms with Crippen LogP contribution in [0, 0.1) is 19.7 Å². The number of hydrogen-bond acceptors (Lipinski definition) is 2. The number of aryl methyl sites for hydroxylation is 1. The average Bonchev–Trinajstić information content (AvgIpc) is 2.35. The predicted octanol–water partition coefficient (Wildman–Crippen LogP) is 4.68. The highest BCUT2D eigenvalue weighted by atomic mass is 35.5. The van der Waals surface area contributed by atoms with Crippen molar-refractivity contribution in [3.05, 3.63) is 46.1 Å². The van der Waals surface area contributed by atoms with Gasteiger partial charge in [0, 0.05) is 17.0 Å². The van der Waals surface area contributed by atoms with Gasteiger partial charge in [-0.05, 0) is 26.0 Å². The molecule has 0 N–H and O–H groups in total. The zero-order valence-electron chi connectivity index (χ0n) is 11.5. The molecule has 0 bridgehead atoms. The Bertz CT molecular complexity index is 624. The van der Waals surface area contributed by atoms with Gasteiger partial charge in [0.2, 0.25) is 0 Å². The molecule has 0 fully saturated rings. The molecule has 1 aromatic heterocycles. The van der Waals surface area contributed by atoms with Crippen LogP contribution in [0.5, 0.6) is 0 Å². The van der Waals surface area contributed by atoms with Crippen molar-refractivity contribution in [2.75, 3.05) is 0 Å². The zero-order valence-corrected chi connectivity index (χ0v) is 12.2. The Balaban J connectivity index is 2.70. The van der Waals surface area contributed by atoms with E-state index >= 15 is 0 Å². The molecule has 0 aliphatic heterocycles. The first-order valence-corrected chi connectivity index (χ1v) is 6.58. The number of aromatic nitrogens is 2. The van der Waals surface area contributed by atoms with Crippen LogP contribution >= 0.6 is 11.6 Å². The molecule has 0 saturated heterocycles. The van der Waals surface area contributed by atoms with E-state index in [-0.39, 0.29) is 11.7 Å². The Labute approximate surface area is 117 Å². The number of benzene rings is 1. The predicted molar refractivity (Wildman–Crippen MR) is 76.0 cm³/mol. The molecule has 0 spiro atoms. The molecule has 0 aliphatic carbocycles. The normalized spacial score (nSPS) is 11.1. The van der Waals surface area contributed by atoms with Crippen LogP contribution in [0.4, 0.5) is 4.39 Å². The lowest BCUT2D eigenvalue weighted by molar-refractivity contribution is 0.629. The van der Waals surface area contributed by atoms with E-state index in [9.17, 15) is 4.39 Å². The van der Waals surface area contributed by atoms with E-state index in [1.54, 1.807) is 12.1 Å². The molecule has 100 valence electrons. The molecule has 2 nitrogen and oxygen atoms in total. The van der Waals surface area contributed by atoms with Crippen molar-refractivity contribution in [2.45, 2.75) is 33.6 Å². The maximum atomic E-state index is 14.0. The van der Waals surface area contributed by atoms with Crippen LogP contribution in [0.25, 0.3) is 11.3 Å². The summed E-state index contributed by atoms with van der Waals surface area (Å²) in [4.78, 5) is 8.71. The van der Waals surface area contributed by atoms with E-state index in [4.69, 9.17) is 11.6 Å². The highest BCUT2D eigenvalue weighted by molar-refractivity contribution is 6.30. The molecule has 0 atom stereocenters. The van der Waals surface area contributed by atoms with Crippen molar-refractivity contribution in [3.8, 4) is 11.3 Å².